The van der Waals surface area contributed by atoms with Crippen molar-refractivity contribution in [3.63, 3.8) is 0 Å². The van der Waals surface area contributed by atoms with Gasteiger partial charge in [-0.25, -0.2) is 13.2 Å². The Labute approximate surface area is 169 Å². The molecule has 1 saturated heterocycles. The third kappa shape index (κ3) is 4.56. The number of rotatable bonds is 7. The molecule has 1 amide bonds. The average molecular weight is 430 g/mol. The van der Waals surface area contributed by atoms with Crippen LogP contribution < -0.4 is 5.32 Å². The number of thiophene rings is 1. The van der Waals surface area contributed by atoms with Gasteiger partial charge in [-0.1, -0.05) is 0 Å². The molecule has 10 heteroatoms. The zero-order valence-corrected chi connectivity index (χ0v) is 18.0. The number of carbonyl (C=O) groups excluding carboxylic acids is 2. The molecule has 2 heterocycles. The van der Waals surface area contributed by atoms with Crippen LogP contribution in [-0.2, 0) is 32.4 Å². The Bertz CT molecular complexity index is 842. The molecule has 0 radical (unpaired) electrons. The minimum absolute atomic E-state index is 0.0904. The number of nitrogens with zero attached hydrogens (tertiary/aromatic N) is 2. The van der Waals surface area contributed by atoms with Crippen LogP contribution in [0, 0.1) is 0 Å². The lowest BCUT2D eigenvalue weighted by atomic mass is 10.1. The summed E-state index contributed by atoms with van der Waals surface area (Å²) in [5, 5.41) is 3.45. The number of hydrogen-bond donors (Lipinski definition) is 1. The summed E-state index contributed by atoms with van der Waals surface area (Å²) in [6.07, 6.45) is 2.78. The van der Waals surface area contributed by atoms with E-state index < -0.39 is 10.0 Å². The zero-order chi connectivity index (χ0) is 20.3. The number of hydrogen-bond acceptors (Lipinski definition) is 7. The van der Waals surface area contributed by atoms with Gasteiger partial charge in [-0.15, -0.1) is 11.3 Å². The van der Waals surface area contributed by atoms with Crippen molar-refractivity contribution in [1.82, 2.24) is 9.21 Å². The van der Waals surface area contributed by atoms with Crippen molar-refractivity contribution in [1.29, 1.82) is 0 Å². The molecule has 1 aromatic heterocycles. The van der Waals surface area contributed by atoms with Gasteiger partial charge in [0, 0.05) is 31.1 Å². The van der Waals surface area contributed by atoms with Crippen molar-refractivity contribution >= 4 is 38.2 Å². The van der Waals surface area contributed by atoms with E-state index >= 15 is 0 Å². The van der Waals surface area contributed by atoms with Gasteiger partial charge in [-0.2, -0.15) is 4.31 Å². The molecule has 1 aromatic rings. The first-order valence-electron chi connectivity index (χ1n) is 9.67. The Kier molecular flexibility index (Phi) is 6.74. The third-order valence-electron chi connectivity index (χ3n) is 5.11. The van der Waals surface area contributed by atoms with E-state index in [0.29, 0.717) is 43.4 Å². The fraction of sp³-hybridized carbons (Fsp3) is 0.667. The number of nitrogens with one attached hydrogen (secondary N) is 1. The summed E-state index contributed by atoms with van der Waals surface area (Å²) in [5.41, 5.74) is 1.52. The highest BCUT2D eigenvalue weighted by molar-refractivity contribution is 7.89. The first-order chi connectivity index (χ1) is 13.4. The highest BCUT2D eigenvalue weighted by Crippen LogP contribution is 2.39. The van der Waals surface area contributed by atoms with Gasteiger partial charge in [0.05, 0.1) is 24.5 Å². The second-order valence-electron chi connectivity index (χ2n) is 6.91. The van der Waals surface area contributed by atoms with E-state index in [0.717, 1.165) is 29.7 Å². The van der Waals surface area contributed by atoms with Crippen LogP contribution in [-0.4, -0.2) is 74.6 Å². The molecule has 0 spiro atoms. The van der Waals surface area contributed by atoms with Crippen LogP contribution in [0.25, 0.3) is 0 Å². The Balaban J connectivity index is 1.61. The van der Waals surface area contributed by atoms with Gasteiger partial charge in [-0.05, 0) is 38.7 Å². The van der Waals surface area contributed by atoms with Crippen LogP contribution in [0.2, 0.25) is 0 Å². The van der Waals surface area contributed by atoms with Gasteiger partial charge in [0.2, 0.25) is 15.9 Å². The number of ether oxygens (including phenoxy) is 1. The highest BCUT2D eigenvalue weighted by atomic mass is 32.2. The lowest BCUT2D eigenvalue weighted by Crippen LogP contribution is -2.50. The minimum atomic E-state index is -3.18. The van der Waals surface area contributed by atoms with Crippen molar-refractivity contribution < 1.29 is 22.7 Å². The number of aryl methyl sites for hydroxylation is 1. The molecule has 0 aromatic carbocycles. The summed E-state index contributed by atoms with van der Waals surface area (Å²) >= 11 is 1.46. The predicted molar refractivity (Wildman–Crippen MR) is 108 cm³/mol. The van der Waals surface area contributed by atoms with Crippen LogP contribution in [0.5, 0.6) is 0 Å². The number of amides is 1. The number of anilines is 1. The quantitative estimate of drug-likeness (QED) is 0.657. The van der Waals surface area contributed by atoms with E-state index in [2.05, 4.69) is 5.32 Å². The first kappa shape index (κ1) is 21.2. The molecule has 3 rings (SSSR count). The summed E-state index contributed by atoms with van der Waals surface area (Å²) < 4.78 is 30.5. The number of carbonyl (C=O) groups is 2. The number of esters is 1. The van der Waals surface area contributed by atoms with Crippen molar-refractivity contribution in [2.75, 3.05) is 50.4 Å². The number of sulfonamides is 1. The largest absolute Gasteiger partial charge is 0.462 e. The summed E-state index contributed by atoms with van der Waals surface area (Å²) in [5.74, 6) is -0.486. The third-order valence-corrected chi connectivity index (χ3v) is 8.20. The first-order valence-corrected chi connectivity index (χ1v) is 12.1. The minimum Gasteiger partial charge on any atom is -0.462 e. The van der Waals surface area contributed by atoms with Crippen molar-refractivity contribution in [2.24, 2.45) is 0 Å². The van der Waals surface area contributed by atoms with Crippen molar-refractivity contribution in [2.45, 2.75) is 33.1 Å². The summed E-state index contributed by atoms with van der Waals surface area (Å²) in [4.78, 5) is 28.0. The molecule has 28 heavy (non-hydrogen) atoms. The van der Waals surface area contributed by atoms with Crippen LogP contribution in [0.1, 0.15) is 41.1 Å². The maximum absolute atomic E-state index is 12.5. The monoisotopic (exact) mass is 429 g/mol. The van der Waals surface area contributed by atoms with E-state index in [1.54, 1.807) is 13.8 Å². The lowest BCUT2D eigenvalue weighted by molar-refractivity contribution is -0.117. The fourth-order valence-electron chi connectivity index (χ4n) is 3.63. The summed E-state index contributed by atoms with van der Waals surface area (Å²) in [6.45, 7) is 5.68. The normalized spacial score (nSPS) is 18.1. The molecular weight excluding hydrogens is 402 g/mol. The van der Waals surface area contributed by atoms with Gasteiger partial charge in [-0.3, -0.25) is 9.69 Å². The molecule has 1 aliphatic heterocycles. The van der Waals surface area contributed by atoms with Crippen LogP contribution in [0.3, 0.4) is 0 Å². The van der Waals surface area contributed by atoms with E-state index in [1.807, 2.05) is 4.90 Å². The molecule has 156 valence electrons. The van der Waals surface area contributed by atoms with Crippen molar-refractivity contribution in [3.05, 3.63) is 16.0 Å². The second-order valence-corrected chi connectivity index (χ2v) is 10.3. The second kappa shape index (κ2) is 8.89. The highest BCUT2D eigenvalue weighted by Gasteiger charge is 2.30. The van der Waals surface area contributed by atoms with Gasteiger partial charge >= 0.3 is 5.97 Å². The van der Waals surface area contributed by atoms with Gasteiger partial charge in [0.15, 0.2) is 0 Å². The maximum atomic E-state index is 12.5. The summed E-state index contributed by atoms with van der Waals surface area (Å²) in [7, 11) is -3.18. The smallest absolute Gasteiger partial charge is 0.341 e. The number of piperazine rings is 1. The SMILES string of the molecule is CCOC(=O)c1c(NC(=O)CN2CCN(S(=O)(=O)CC)CC2)sc2c1CCC2. The molecule has 0 atom stereocenters. The molecule has 0 saturated carbocycles. The molecule has 1 fully saturated rings. The molecular formula is C18H27N3O5S2. The molecule has 0 unspecified atom stereocenters. The molecule has 1 aliphatic carbocycles. The van der Waals surface area contributed by atoms with E-state index in [1.165, 1.54) is 15.6 Å². The van der Waals surface area contributed by atoms with E-state index in [4.69, 9.17) is 4.74 Å². The van der Waals surface area contributed by atoms with Gasteiger partial charge < -0.3 is 10.1 Å². The molecule has 2 aliphatic rings. The maximum Gasteiger partial charge on any atom is 0.341 e. The van der Waals surface area contributed by atoms with Crippen LogP contribution >= 0.6 is 11.3 Å². The van der Waals surface area contributed by atoms with E-state index in [9.17, 15) is 18.0 Å². The molecule has 8 nitrogen and oxygen atoms in total. The Morgan fingerprint density at radius 1 is 1.14 bits per heavy atom. The Morgan fingerprint density at radius 2 is 1.86 bits per heavy atom. The Morgan fingerprint density at radius 3 is 2.50 bits per heavy atom. The van der Waals surface area contributed by atoms with Crippen LogP contribution in [0.4, 0.5) is 5.00 Å². The van der Waals surface area contributed by atoms with Crippen LogP contribution in [0.15, 0.2) is 0 Å². The number of fused-ring (bicyclic) bond motifs is 1. The zero-order valence-electron chi connectivity index (χ0n) is 16.3. The average Bonchev–Trinajstić information content (AvgIpc) is 3.22. The predicted octanol–water partition coefficient (Wildman–Crippen LogP) is 1.32. The topological polar surface area (TPSA) is 96.0 Å². The summed E-state index contributed by atoms with van der Waals surface area (Å²) in [6, 6.07) is 0. The molecule has 0 bridgehead atoms. The standard InChI is InChI=1S/C18H27N3O5S2/c1-3-26-18(23)16-13-6-5-7-14(13)27-17(16)19-15(22)12-20-8-10-21(11-9-20)28(24,25)4-2/h3-12H2,1-2H3,(H,19,22). The lowest BCUT2D eigenvalue weighted by Gasteiger charge is -2.33. The fourth-order valence-corrected chi connectivity index (χ4v) is 6.01. The van der Waals surface area contributed by atoms with Crippen molar-refractivity contribution in [3.8, 4) is 0 Å². The van der Waals surface area contributed by atoms with E-state index in [-0.39, 0.29) is 24.2 Å². The molecule has 1 N–H and O–H groups in total. The Hall–Kier alpha value is -1.49. The van der Waals surface area contributed by atoms with Gasteiger partial charge in [0.1, 0.15) is 5.00 Å². The van der Waals surface area contributed by atoms with Gasteiger partial charge in [0.25, 0.3) is 0 Å².